The number of aromatic nitrogens is 2. The SMILES string of the molecule is CCC(NC(=O)C1CC1)c1ccc(Cl)c2nc3n(c12)CCCN3c1ccc(Cl)cc1Cl. The number of imidazole rings is 1. The molecule has 1 aliphatic heterocycles. The minimum atomic E-state index is -0.0804. The van der Waals surface area contributed by atoms with Crippen LogP contribution in [0.5, 0.6) is 0 Å². The molecule has 1 atom stereocenters. The third kappa shape index (κ3) is 3.77. The van der Waals surface area contributed by atoms with Gasteiger partial charge in [0.2, 0.25) is 11.9 Å². The van der Waals surface area contributed by atoms with E-state index in [1.54, 1.807) is 6.07 Å². The fourth-order valence-corrected chi connectivity index (χ4v) is 5.08. The summed E-state index contributed by atoms with van der Waals surface area (Å²) in [6.45, 7) is 3.71. The van der Waals surface area contributed by atoms with Crippen LogP contribution in [0.4, 0.5) is 11.6 Å². The van der Waals surface area contributed by atoms with E-state index in [1.165, 1.54) is 0 Å². The Bertz CT molecular complexity index is 1170. The molecular weight excluding hydrogens is 455 g/mol. The molecule has 1 N–H and O–H groups in total. The van der Waals surface area contributed by atoms with E-state index in [0.717, 1.165) is 67.0 Å². The Kier molecular flexibility index (Phi) is 5.53. The van der Waals surface area contributed by atoms with Gasteiger partial charge in [-0.1, -0.05) is 47.8 Å². The van der Waals surface area contributed by atoms with Crippen LogP contribution in [0.15, 0.2) is 30.3 Å². The number of hydrogen-bond donors (Lipinski definition) is 1. The van der Waals surface area contributed by atoms with Crippen LogP contribution in [0, 0.1) is 5.92 Å². The summed E-state index contributed by atoms with van der Waals surface area (Å²) in [5.74, 6) is 1.12. The monoisotopic (exact) mass is 476 g/mol. The molecule has 0 bridgehead atoms. The average molecular weight is 478 g/mol. The number of carbonyl (C=O) groups excluding carboxylic acids is 1. The number of nitrogens with zero attached hydrogens (tertiary/aromatic N) is 3. The first-order valence-corrected chi connectivity index (χ1v) is 11.8. The van der Waals surface area contributed by atoms with Crippen molar-refractivity contribution in [3.63, 3.8) is 0 Å². The molecular formula is C23H23Cl3N4O. The number of hydrogen-bond acceptors (Lipinski definition) is 3. The Hall–Kier alpha value is -1.95. The molecule has 1 saturated carbocycles. The second-order valence-electron chi connectivity index (χ2n) is 8.24. The first-order chi connectivity index (χ1) is 15.0. The quantitative estimate of drug-likeness (QED) is 0.455. The summed E-state index contributed by atoms with van der Waals surface area (Å²) in [7, 11) is 0. The van der Waals surface area contributed by atoms with E-state index in [1.807, 2.05) is 24.3 Å². The molecule has 1 aromatic heterocycles. The summed E-state index contributed by atoms with van der Waals surface area (Å²) >= 11 is 19.2. The van der Waals surface area contributed by atoms with Gasteiger partial charge in [0.1, 0.15) is 5.52 Å². The lowest BCUT2D eigenvalue weighted by atomic mass is 10.0. The zero-order valence-electron chi connectivity index (χ0n) is 17.2. The van der Waals surface area contributed by atoms with Gasteiger partial charge in [-0.15, -0.1) is 0 Å². The van der Waals surface area contributed by atoms with Crippen molar-refractivity contribution < 1.29 is 4.79 Å². The second-order valence-corrected chi connectivity index (χ2v) is 9.49. The summed E-state index contributed by atoms with van der Waals surface area (Å²) in [4.78, 5) is 19.5. The number of benzene rings is 2. The molecule has 5 nitrogen and oxygen atoms in total. The van der Waals surface area contributed by atoms with Gasteiger partial charge in [0.25, 0.3) is 0 Å². The van der Waals surface area contributed by atoms with Gasteiger partial charge in [-0.25, -0.2) is 4.98 Å². The minimum Gasteiger partial charge on any atom is -0.349 e. The maximum Gasteiger partial charge on any atom is 0.223 e. The van der Waals surface area contributed by atoms with Crippen molar-refractivity contribution in [1.82, 2.24) is 14.9 Å². The fourth-order valence-electron chi connectivity index (χ4n) is 4.37. The molecule has 0 saturated heterocycles. The first kappa shape index (κ1) is 20.9. The Balaban J connectivity index is 1.63. The molecule has 1 unspecified atom stereocenters. The van der Waals surface area contributed by atoms with Crippen LogP contribution in [0.3, 0.4) is 0 Å². The first-order valence-electron chi connectivity index (χ1n) is 10.7. The molecule has 8 heteroatoms. The van der Waals surface area contributed by atoms with Gasteiger partial charge in [-0.3, -0.25) is 4.79 Å². The second kappa shape index (κ2) is 8.19. The van der Waals surface area contributed by atoms with E-state index < -0.39 is 0 Å². The van der Waals surface area contributed by atoms with Crippen LogP contribution in [0.1, 0.15) is 44.2 Å². The van der Waals surface area contributed by atoms with Crippen LogP contribution < -0.4 is 10.2 Å². The van der Waals surface area contributed by atoms with Crippen LogP contribution in [-0.4, -0.2) is 22.0 Å². The maximum absolute atomic E-state index is 12.5. The van der Waals surface area contributed by atoms with E-state index in [0.29, 0.717) is 15.1 Å². The topological polar surface area (TPSA) is 50.2 Å². The number of nitrogens with one attached hydrogen (secondary N) is 1. The number of anilines is 2. The number of fused-ring (bicyclic) bond motifs is 3. The van der Waals surface area contributed by atoms with Gasteiger partial charge in [0, 0.05) is 29.6 Å². The zero-order valence-corrected chi connectivity index (χ0v) is 19.4. The summed E-state index contributed by atoms with van der Waals surface area (Å²) in [5.41, 5.74) is 3.67. The Labute approximate surface area is 196 Å². The molecule has 0 radical (unpaired) electrons. The molecule has 162 valence electrons. The lowest BCUT2D eigenvalue weighted by Gasteiger charge is -2.30. The van der Waals surface area contributed by atoms with E-state index in [9.17, 15) is 4.79 Å². The van der Waals surface area contributed by atoms with Crippen LogP contribution in [-0.2, 0) is 11.3 Å². The van der Waals surface area contributed by atoms with Gasteiger partial charge in [-0.05, 0) is 49.9 Å². The van der Waals surface area contributed by atoms with E-state index >= 15 is 0 Å². The molecule has 2 aromatic carbocycles. The molecule has 1 aliphatic carbocycles. The van der Waals surface area contributed by atoms with Gasteiger partial charge < -0.3 is 14.8 Å². The molecule has 31 heavy (non-hydrogen) atoms. The lowest BCUT2D eigenvalue weighted by molar-refractivity contribution is -0.123. The minimum absolute atomic E-state index is 0.0804. The highest BCUT2D eigenvalue weighted by Crippen LogP contribution is 2.41. The molecule has 0 spiro atoms. The Morgan fingerprint density at radius 1 is 1.16 bits per heavy atom. The summed E-state index contributed by atoms with van der Waals surface area (Å²) in [6, 6.07) is 9.33. The normalized spacial score (nSPS) is 17.0. The number of aryl methyl sites for hydroxylation is 1. The van der Waals surface area contributed by atoms with Crippen molar-refractivity contribution in [2.45, 2.75) is 45.2 Å². The van der Waals surface area contributed by atoms with Crippen molar-refractivity contribution in [2.24, 2.45) is 5.92 Å². The predicted octanol–water partition coefficient (Wildman–Crippen LogP) is 6.52. The molecule has 1 fully saturated rings. The summed E-state index contributed by atoms with van der Waals surface area (Å²) < 4.78 is 2.21. The highest BCUT2D eigenvalue weighted by Gasteiger charge is 2.32. The Morgan fingerprint density at radius 2 is 1.97 bits per heavy atom. The fraction of sp³-hybridized carbons (Fsp3) is 0.391. The number of halogens is 3. The highest BCUT2D eigenvalue weighted by atomic mass is 35.5. The van der Waals surface area contributed by atoms with Gasteiger partial charge in [0.15, 0.2) is 0 Å². The smallest absolute Gasteiger partial charge is 0.223 e. The molecule has 5 rings (SSSR count). The van der Waals surface area contributed by atoms with Crippen molar-refractivity contribution in [3.05, 3.63) is 51.0 Å². The third-order valence-corrected chi connectivity index (χ3v) is 6.95. The molecule has 3 aromatic rings. The van der Waals surface area contributed by atoms with E-state index in [2.05, 4.69) is 21.7 Å². The van der Waals surface area contributed by atoms with Crippen molar-refractivity contribution in [2.75, 3.05) is 11.4 Å². The summed E-state index contributed by atoms with van der Waals surface area (Å²) in [5, 5.41) is 5.03. The number of carbonyl (C=O) groups is 1. The van der Waals surface area contributed by atoms with Crippen LogP contribution >= 0.6 is 34.8 Å². The highest BCUT2D eigenvalue weighted by molar-refractivity contribution is 6.36. The average Bonchev–Trinajstić information content (AvgIpc) is 3.53. The molecule has 2 aliphatic rings. The number of rotatable bonds is 5. The maximum atomic E-state index is 12.5. The third-order valence-electron chi connectivity index (χ3n) is 6.11. The molecule has 1 amide bonds. The van der Waals surface area contributed by atoms with E-state index in [-0.39, 0.29) is 17.9 Å². The largest absolute Gasteiger partial charge is 0.349 e. The van der Waals surface area contributed by atoms with Crippen LogP contribution in [0.25, 0.3) is 11.0 Å². The zero-order chi connectivity index (χ0) is 21.7. The number of amides is 1. The predicted molar refractivity (Wildman–Crippen MR) is 127 cm³/mol. The standard InChI is InChI=1S/C23H23Cl3N4O/c1-2-18(27-22(31)13-4-5-13)15-7-8-16(25)20-21(15)30-11-3-10-29(23(30)28-20)19-9-6-14(24)12-17(19)26/h6-9,12-13,18H,2-5,10-11H2,1H3,(H,27,31). The van der Waals surface area contributed by atoms with Crippen molar-refractivity contribution in [3.8, 4) is 0 Å². The lowest BCUT2D eigenvalue weighted by Crippen LogP contribution is -2.30. The van der Waals surface area contributed by atoms with Gasteiger partial charge in [0.05, 0.1) is 27.3 Å². The summed E-state index contributed by atoms with van der Waals surface area (Å²) in [6.07, 6.45) is 3.70. The van der Waals surface area contributed by atoms with E-state index in [4.69, 9.17) is 39.8 Å². The van der Waals surface area contributed by atoms with Gasteiger partial charge in [-0.2, -0.15) is 0 Å². The van der Waals surface area contributed by atoms with Gasteiger partial charge >= 0.3 is 0 Å². The van der Waals surface area contributed by atoms with Crippen LogP contribution in [0.2, 0.25) is 15.1 Å². The van der Waals surface area contributed by atoms with Crippen molar-refractivity contribution >= 4 is 63.4 Å². The van der Waals surface area contributed by atoms with Crippen molar-refractivity contribution in [1.29, 1.82) is 0 Å². The molecule has 2 heterocycles. The Morgan fingerprint density at radius 3 is 2.68 bits per heavy atom.